The van der Waals surface area contributed by atoms with Crippen LogP contribution in [-0.4, -0.2) is 34.7 Å². The van der Waals surface area contributed by atoms with Crippen LogP contribution in [0, 0.1) is 0 Å². The van der Waals surface area contributed by atoms with Gasteiger partial charge in [0.05, 0.1) is 16.6 Å². The van der Waals surface area contributed by atoms with E-state index in [1.165, 1.54) is 31.2 Å². The van der Waals surface area contributed by atoms with E-state index in [9.17, 15) is 13.2 Å². The van der Waals surface area contributed by atoms with Crippen molar-refractivity contribution < 1.29 is 13.2 Å². The third-order valence-electron chi connectivity index (χ3n) is 4.53. The molecule has 0 bridgehead atoms. The summed E-state index contributed by atoms with van der Waals surface area (Å²) in [5, 5.41) is 3.13. The van der Waals surface area contributed by atoms with Gasteiger partial charge in [-0.05, 0) is 49.4 Å². The van der Waals surface area contributed by atoms with Crippen molar-refractivity contribution in [3.63, 3.8) is 0 Å². The topological polar surface area (TPSA) is 105 Å². The van der Waals surface area contributed by atoms with Gasteiger partial charge < -0.3 is 5.32 Å². The number of hydrogen-bond donors (Lipinski definition) is 2. The summed E-state index contributed by atoms with van der Waals surface area (Å²) in [4.78, 5) is 21.1. The van der Waals surface area contributed by atoms with Crippen LogP contribution in [0.5, 0.6) is 0 Å². The number of nitrogens with one attached hydrogen (secondary N) is 2. The molecule has 0 aliphatic carbocycles. The molecular weight excluding hydrogens is 438 g/mol. The third kappa shape index (κ3) is 4.74. The molecule has 31 heavy (non-hydrogen) atoms. The minimum Gasteiger partial charge on any atom is -0.325 e. The van der Waals surface area contributed by atoms with E-state index >= 15 is 0 Å². The van der Waals surface area contributed by atoms with Gasteiger partial charge >= 0.3 is 0 Å². The highest BCUT2D eigenvalue weighted by Gasteiger charge is 2.22. The van der Waals surface area contributed by atoms with Crippen LogP contribution in [0.25, 0.3) is 17.0 Å². The lowest BCUT2D eigenvalue weighted by Crippen LogP contribution is -2.41. The Morgan fingerprint density at radius 2 is 1.81 bits per heavy atom. The highest BCUT2D eigenvalue weighted by molar-refractivity contribution is 7.89. The van der Waals surface area contributed by atoms with Crippen molar-refractivity contribution in [2.24, 2.45) is 0 Å². The van der Waals surface area contributed by atoms with Gasteiger partial charge in [-0.25, -0.2) is 18.4 Å². The normalized spacial score (nSPS) is 12.6. The Balaban J connectivity index is 1.42. The maximum atomic E-state index is 12.5. The fraction of sp³-hybridized carbons (Fsp3) is 0.0952. The van der Waals surface area contributed by atoms with E-state index in [-0.39, 0.29) is 4.90 Å². The zero-order chi connectivity index (χ0) is 22.0. The van der Waals surface area contributed by atoms with Crippen LogP contribution in [0.1, 0.15) is 6.92 Å². The third-order valence-corrected chi connectivity index (χ3v) is 6.34. The lowest BCUT2D eigenvalue weighted by Gasteiger charge is -2.14. The summed E-state index contributed by atoms with van der Waals surface area (Å²) < 4.78 is 29.1. The molecule has 2 heterocycles. The second kappa shape index (κ2) is 8.46. The van der Waals surface area contributed by atoms with E-state index < -0.39 is 22.0 Å². The first-order chi connectivity index (χ1) is 14.8. The Labute approximate surface area is 184 Å². The molecule has 158 valence electrons. The van der Waals surface area contributed by atoms with Gasteiger partial charge in [-0.3, -0.25) is 9.20 Å². The monoisotopic (exact) mass is 455 g/mol. The molecule has 0 aliphatic rings. The molecule has 2 aromatic carbocycles. The van der Waals surface area contributed by atoms with Crippen LogP contribution >= 0.6 is 11.6 Å². The SMILES string of the molecule is C[C@H](NS(=O)(=O)c1ccc(Cl)cc1)C(=O)Nc1ccc(-c2cn3cccnc3n2)cc1. The number of sulfonamides is 1. The second-order valence-electron chi connectivity index (χ2n) is 6.82. The fourth-order valence-electron chi connectivity index (χ4n) is 2.91. The number of imidazole rings is 1. The Morgan fingerprint density at radius 1 is 1.10 bits per heavy atom. The average molecular weight is 456 g/mol. The molecule has 0 saturated heterocycles. The highest BCUT2D eigenvalue weighted by Crippen LogP contribution is 2.21. The number of carbonyl (C=O) groups is 1. The maximum absolute atomic E-state index is 12.5. The lowest BCUT2D eigenvalue weighted by molar-refractivity contribution is -0.117. The van der Waals surface area contributed by atoms with Gasteiger partial charge in [0.1, 0.15) is 0 Å². The Hall–Kier alpha value is -3.27. The number of fused-ring (bicyclic) bond motifs is 1. The van der Waals surface area contributed by atoms with Crippen LogP contribution in [-0.2, 0) is 14.8 Å². The maximum Gasteiger partial charge on any atom is 0.242 e. The summed E-state index contributed by atoms with van der Waals surface area (Å²) in [6.07, 6.45) is 5.40. The van der Waals surface area contributed by atoms with E-state index in [1.54, 1.807) is 18.3 Å². The molecule has 4 rings (SSSR count). The van der Waals surface area contributed by atoms with Crippen LogP contribution in [0.3, 0.4) is 0 Å². The molecule has 1 atom stereocenters. The second-order valence-corrected chi connectivity index (χ2v) is 8.97. The highest BCUT2D eigenvalue weighted by atomic mass is 35.5. The number of halogens is 1. The van der Waals surface area contributed by atoms with Crippen LogP contribution < -0.4 is 10.0 Å². The molecule has 0 saturated carbocycles. The molecule has 0 radical (unpaired) electrons. The molecule has 10 heteroatoms. The number of benzene rings is 2. The van der Waals surface area contributed by atoms with Gasteiger partial charge in [0.25, 0.3) is 0 Å². The summed E-state index contributed by atoms with van der Waals surface area (Å²) in [5.41, 5.74) is 2.15. The quantitative estimate of drug-likeness (QED) is 0.463. The Kier molecular flexibility index (Phi) is 5.73. The van der Waals surface area contributed by atoms with E-state index in [2.05, 4.69) is 20.0 Å². The summed E-state index contributed by atoms with van der Waals surface area (Å²) in [5.74, 6) is 0.110. The standard InChI is InChI=1S/C21H18ClN5O3S/c1-14(26-31(29,30)18-9-5-16(22)6-10-18)20(28)24-17-7-3-15(4-8-17)19-13-27-12-2-11-23-21(27)25-19/h2-14,26H,1H3,(H,24,28)/t14-/m0/s1. The number of rotatable bonds is 6. The molecule has 2 aromatic heterocycles. The number of amides is 1. The van der Waals surface area contributed by atoms with Crippen LogP contribution in [0.2, 0.25) is 5.02 Å². The molecule has 8 nitrogen and oxygen atoms in total. The summed E-state index contributed by atoms with van der Waals surface area (Å²) in [6, 6.07) is 13.6. The van der Waals surface area contributed by atoms with E-state index in [0.29, 0.717) is 16.5 Å². The largest absolute Gasteiger partial charge is 0.325 e. The van der Waals surface area contributed by atoms with E-state index in [4.69, 9.17) is 11.6 Å². The zero-order valence-corrected chi connectivity index (χ0v) is 17.9. The van der Waals surface area contributed by atoms with Crippen molar-refractivity contribution in [1.29, 1.82) is 0 Å². The number of anilines is 1. The van der Waals surface area contributed by atoms with Gasteiger partial charge in [0, 0.05) is 34.9 Å². The minimum absolute atomic E-state index is 0.0304. The van der Waals surface area contributed by atoms with Crippen molar-refractivity contribution in [1.82, 2.24) is 19.1 Å². The predicted molar refractivity (Wildman–Crippen MR) is 118 cm³/mol. The van der Waals surface area contributed by atoms with Crippen molar-refractivity contribution in [2.45, 2.75) is 17.9 Å². The van der Waals surface area contributed by atoms with Crippen molar-refractivity contribution in [3.05, 3.63) is 78.2 Å². The zero-order valence-electron chi connectivity index (χ0n) is 16.4. The predicted octanol–water partition coefficient (Wildman–Crippen LogP) is 3.36. The van der Waals surface area contributed by atoms with E-state index in [0.717, 1.165) is 11.3 Å². The molecule has 2 N–H and O–H groups in total. The minimum atomic E-state index is -3.86. The van der Waals surface area contributed by atoms with Gasteiger partial charge in [0.2, 0.25) is 21.7 Å². The summed E-state index contributed by atoms with van der Waals surface area (Å²) in [7, 11) is -3.86. The van der Waals surface area contributed by atoms with Crippen LogP contribution in [0.15, 0.2) is 78.1 Å². The van der Waals surface area contributed by atoms with Crippen molar-refractivity contribution in [2.75, 3.05) is 5.32 Å². The average Bonchev–Trinajstić information content (AvgIpc) is 3.18. The fourth-order valence-corrected chi connectivity index (χ4v) is 4.24. The van der Waals surface area contributed by atoms with Crippen LogP contribution in [0.4, 0.5) is 5.69 Å². The Morgan fingerprint density at radius 3 is 2.48 bits per heavy atom. The molecule has 0 fully saturated rings. The van der Waals surface area contributed by atoms with Gasteiger partial charge in [-0.2, -0.15) is 4.72 Å². The number of carbonyl (C=O) groups excluding carboxylic acids is 1. The molecule has 4 aromatic rings. The summed E-state index contributed by atoms with van der Waals surface area (Å²) >= 11 is 5.79. The summed E-state index contributed by atoms with van der Waals surface area (Å²) in [6.45, 7) is 1.47. The number of hydrogen-bond acceptors (Lipinski definition) is 5. The molecule has 0 spiro atoms. The molecular formula is C21H18ClN5O3S. The first kappa shape index (κ1) is 21.0. The molecule has 1 amide bonds. The van der Waals surface area contributed by atoms with E-state index in [1.807, 2.05) is 35.0 Å². The lowest BCUT2D eigenvalue weighted by atomic mass is 10.1. The van der Waals surface area contributed by atoms with Gasteiger partial charge in [-0.1, -0.05) is 23.7 Å². The van der Waals surface area contributed by atoms with Crippen molar-refractivity contribution >= 4 is 39.0 Å². The van der Waals surface area contributed by atoms with Gasteiger partial charge in [-0.15, -0.1) is 0 Å². The molecule has 0 unspecified atom stereocenters. The van der Waals surface area contributed by atoms with Crippen molar-refractivity contribution in [3.8, 4) is 11.3 Å². The molecule has 0 aliphatic heterocycles. The number of aromatic nitrogens is 3. The first-order valence-electron chi connectivity index (χ1n) is 9.31. The first-order valence-corrected chi connectivity index (χ1v) is 11.2. The Bertz CT molecular complexity index is 1300. The number of nitrogens with zero attached hydrogens (tertiary/aromatic N) is 3. The smallest absolute Gasteiger partial charge is 0.242 e. The van der Waals surface area contributed by atoms with Gasteiger partial charge in [0.15, 0.2) is 0 Å².